The zero-order valence-corrected chi connectivity index (χ0v) is 13.3. The Hall–Kier alpha value is -1.66. The van der Waals surface area contributed by atoms with Crippen LogP contribution in [-0.2, 0) is 6.18 Å². The number of carbonyl (C=O) groups excluding carboxylic acids is 1. The molecule has 1 nitrogen and oxygen atoms in total. The first-order valence-electron chi connectivity index (χ1n) is 6.26. The van der Waals surface area contributed by atoms with E-state index in [1.807, 2.05) is 18.2 Å². The summed E-state index contributed by atoms with van der Waals surface area (Å²) in [6.45, 7) is 0. The lowest BCUT2D eigenvalue weighted by Crippen LogP contribution is -2.07. The summed E-state index contributed by atoms with van der Waals surface area (Å²) < 4.78 is 40.0. The molecule has 0 aliphatic rings. The average molecular weight is 385 g/mol. The fourth-order valence-electron chi connectivity index (χ4n) is 2.12. The van der Waals surface area contributed by atoms with E-state index in [0.29, 0.717) is 4.88 Å². The molecule has 0 saturated heterocycles. The van der Waals surface area contributed by atoms with Gasteiger partial charge in [-0.2, -0.15) is 13.2 Å². The van der Waals surface area contributed by atoms with E-state index in [9.17, 15) is 18.0 Å². The fourth-order valence-corrected chi connectivity index (χ4v) is 3.77. The number of rotatable bonds is 2. The zero-order valence-electron chi connectivity index (χ0n) is 10.9. The van der Waals surface area contributed by atoms with Crippen molar-refractivity contribution in [1.82, 2.24) is 0 Å². The molecule has 0 spiro atoms. The Balaban J connectivity index is 2.04. The Kier molecular flexibility index (Phi) is 3.82. The summed E-state index contributed by atoms with van der Waals surface area (Å²) in [7, 11) is 0. The van der Waals surface area contributed by atoms with Gasteiger partial charge < -0.3 is 0 Å². The second-order valence-electron chi connectivity index (χ2n) is 4.68. The van der Waals surface area contributed by atoms with E-state index in [1.54, 1.807) is 6.07 Å². The molecular weight excluding hydrogens is 377 g/mol. The molecule has 0 bridgehead atoms. The van der Waals surface area contributed by atoms with Gasteiger partial charge in [0.25, 0.3) is 0 Å². The Morgan fingerprint density at radius 3 is 2.45 bits per heavy atom. The number of carbonyl (C=O) groups is 1. The van der Waals surface area contributed by atoms with Gasteiger partial charge in [-0.1, -0.05) is 24.3 Å². The Morgan fingerprint density at radius 2 is 1.77 bits per heavy atom. The van der Waals surface area contributed by atoms with Crippen LogP contribution in [0.1, 0.15) is 20.8 Å². The van der Waals surface area contributed by atoms with Crippen molar-refractivity contribution < 1.29 is 18.0 Å². The molecule has 3 rings (SSSR count). The van der Waals surface area contributed by atoms with Crippen LogP contribution in [0.15, 0.2) is 53.0 Å². The molecule has 0 fully saturated rings. The van der Waals surface area contributed by atoms with Crippen LogP contribution in [0.5, 0.6) is 0 Å². The molecule has 3 aromatic rings. The quantitative estimate of drug-likeness (QED) is 0.501. The summed E-state index contributed by atoms with van der Waals surface area (Å²) in [6.07, 6.45) is -4.46. The van der Waals surface area contributed by atoms with Crippen molar-refractivity contribution in [3.63, 3.8) is 0 Å². The Labute approximate surface area is 136 Å². The van der Waals surface area contributed by atoms with E-state index >= 15 is 0 Å². The van der Waals surface area contributed by atoms with Gasteiger partial charge in [0.2, 0.25) is 5.78 Å². The number of alkyl halides is 3. The smallest absolute Gasteiger partial charge is 0.288 e. The number of thiophene rings is 1. The Morgan fingerprint density at radius 1 is 1.05 bits per heavy atom. The monoisotopic (exact) mass is 384 g/mol. The van der Waals surface area contributed by atoms with Crippen LogP contribution < -0.4 is 0 Å². The highest BCUT2D eigenvalue weighted by molar-refractivity contribution is 9.10. The number of fused-ring (bicyclic) bond motifs is 1. The van der Waals surface area contributed by atoms with Gasteiger partial charge in [0.05, 0.1) is 10.4 Å². The van der Waals surface area contributed by atoms with Gasteiger partial charge in [-0.25, -0.2) is 0 Å². The minimum Gasteiger partial charge on any atom is -0.288 e. The average Bonchev–Trinajstić information content (AvgIpc) is 2.91. The molecule has 6 heteroatoms. The van der Waals surface area contributed by atoms with Crippen molar-refractivity contribution >= 4 is 43.1 Å². The maximum Gasteiger partial charge on any atom is 0.416 e. The van der Waals surface area contributed by atoms with Crippen LogP contribution in [0.4, 0.5) is 13.2 Å². The number of hydrogen-bond acceptors (Lipinski definition) is 2. The van der Waals surface area contributed by atoms with Crippen LogP contribution in [0.2, 0.25) is 0 Å². The molecule has 1 heterocycles. The Bertz CT molecular complexity index is 867. The highest BCUT2D eigenvalue weighted by atomic mass is 79.9. The first-order valence-corrected chi connectivity index (χ1v) is 7.87. The molecule has 22 heavy (non-hydrogen) atoms. The second kappa shape index (κ2) is 5.52. The summed E-state index contributed by atoms with van der Waals surface area (Å²) >= 11 is 4.67. The van der Waals surface area contributed by atoms with Gasteiger partial charge in [0, 0.05) is 14.7 Å². The van der Waals surface area contributed by atoms with Gasteiger partial charge >= 0.3 is 6.18 Å². The maximum atomic E-state index is 12.7. The predicted octanol–water partition coefficient (Wildman–Crippen LogP) is 5.91. The maximum absolute atomic E-state index is 12.7. The van der Waals surface area contributed by atoms with Crippen molar-refractivity contribution in [3.8, 4) is 0 Å². The third kappa shape index (κ3) is 2.80. The molecule has 0 amide bonds. The number of benzene rings is 2. The molecule has 0 N–H and O–H groups in total. The van der Waals surface area contributed by atoms with E-state index < -0.39 is 17.5 Å². The summed E-state index contributed by atoms with van der Waals surface area (Å²) in [6, 6.07) is 11.8. The molecular formula is C16H8BrF3OS. The van der Waals surface area contributed by atoms with E-state index in [1.165, 1.54) is 23.5 Å². The van der Waals surface area contributed by atoms with Crippen LogP contribution in [0.3, 0.4) is 0 Å². The highest BCUT2D eigenvalue weighted by Gasteiger charge is 2.31. The molecule has 0 radical (unpaired) electrons. The van der Waals surface area contributed by atoms with Gasteiger partial charge in [-0.05, 0) is 45.6 Å². The van der Waals surface area contributed by atoms with Crippen LogP contribution >= 0.6 is 27.3 Å². The van der Waals surface area contributed by atoms with E-state index in [-0.39, 0.29) is 5.56 Å². The van der Waals surface area contributed by atoms with Crippen molar-refractivity contribution in [2.24, 2.45) is 0 Å². The molecule has 0 atom stereocenters. The summed E-state index contributed by atoms with van der Waals surface area (Å²) in [5.41, 5.74) is -0.779. The summed E-state index contributed by atoms with van der Waals surface area (Å²) in [4.78, 5) is 12.9. The fraction of sp³-hybridized carbons (Fsp3) is 0.0625. The van der Waals surface area contributed by atoms with Crippen molar-refractivity contribution in [1.29, 1.82) is 0 Å². The zero-order chi connectivity index (χ0) is 15.9. The SMILES string of the molecule is O=C(c1cccc(C(F)(F)F)c1)c1cc2cccc(Br)c2s1. The van der Waals surface area contributed by atoms with Crippen molar-refractivity contribution in [2.45, 2.75) is 6.18 Å². The third-order valence-electron chi connectivity index (χ3n) is 3.17. The van der Waals surface area contributed by atoms with Crippen LogP contribution in [-0.4, -0.2) is 5.78 Å². The molecule has 2 aromatic carbocycles. The lowest BCUT2D eigenvalue weighted by molar-refractivity contribution is -0.137. The van der Waals surface area contributed by atoms with Crippen molar-refractivity contribution in [3.05, 3.63) is 69.0 Å². The van der Waals surface area contributed by atoms with E-state index in [2.05, 4.69) is 15.9 Å². The number of ketones is 1. The normalized spacial score (nSPS) is 11.8. The number of hydrogen-bond donors (Lipinski definition) is 0. The summed E-state index contributed by atoms with van der Waals surface area (Å²) in [5, 5.41) is 0.884. The van der Waals surface area contributed by atoms with Gasteiger partial charge in [-0.15, -0.1) is 11.3 Å². The lowest BCUT2D eigenvalue weighted by atomic mass is 10.1. The molecule has 1 aromatic heterocycles. The van der Waals surface area contributed by atoms with Crippen LogP contribution in [0.25, 0.3) is 10.1 Å². The van der Waals surface area contributed by atoms with E-state index in [0.717, 1.165) is 26.7 Å². The second-order valence-corrected chi connectivity index (χ2v) is 6.58. The minimum absolute atomic E-state index is 0.0394. The molecule has 0 aliphatic carbocycles. The first-order chi connectivity index (χ1) is 10.4. The minimum atomic E-state index is -4.46. The van der Waals surface area contributed by atoms with Gasteiger partial charge in [0.15, 0.2) is 0 Å². The molecule has 0 aliphatic heterocycles. The predicted molar refractivity (Wildman–Crippen MR) is 84.4 cm³/mol. The molecule has 0 saturated carbocycles. The van der Waals surface area contributed by atoms with E-state index in [4.69, 9.17) is 0 Å². The van der Waals surface area contributed by atoms with Gasteiger partial charge in [0.1, 0.15) is 0 Å². The standard InChI is InChI=1S/C16H8BrF3OS/c17-12-6-2-4-10-8-13(22-15(10)12)14(21)9-3-1-5-11(7-9)16(18,19)20/h1-8H. The number of halogens is 4. The highest BCUT2D eigenvalue weighted by Crippen LogP contribution is 2.34. The molecule has 0 unspecified atom stereocenters. The first kappa shape index (κ1) is 15.2. The largest absolute Gasteiger partial charge is 0.416 e. The third-order valence-corrected chi connectivity index (χ3v) is 5.28. The lowest BCUT2D eigenvalue weighted by Gasteiger charge is -2.07. The van der Waals surface area contributed by atoms with Crippen LogP contribution in [0, 0.1) is 0 Å². The summed E-state index contributed by atoms with van der Waals surface area (Å²) in [5.74, 6) is -0.404. The van der Waals surface area contributed by atoms with Gasteiger partial charge in [-0.3, -0.25) is 4.79 Å². The van der Waals surface area contributed by atoms with Crippen molar-refractivity contribution in [2.75, 3.05) is 0 Å². The topological polar surface area (TPSA) is 17.1 Å². The molecule has 112 valence electrons.